The molecule has 2 aromatic rings. The van der Waals surface area contributed by atoms with E-state index in [0.717, 1.165) is 0 Å². The van der Waals surface area contributed by atoms with Crippen LogP contribution in [-0.2, 0) is 22.8 Å². The molecule has 0 bridgehead atoms. The van der Waals surface area contributed by atoms with Crippen molar-refractivity contribution in [3.8, 4) is 11.8 Å². The Kier molecular flexibility index (Phi) is 5.80. The van der Waals surface area contributed by atoms with Crippen molar-refractivity contribution >= 4 is 15.6 Å². The Hall–Kier alpha value is -1.84. The van der Waals surface area contributed by atoms with Gasteiger partial charge < -0.3 is 19.6 Å². The molecule has 0 aliphatic heterocycles. The zero-order valence-corrected chi connectivity index (χ0v) is 12.9. The second-order valence-electron chi connectivity index (χ2n) is 3.67. The molecule has 0 aromatic carbocycles. The molecular formula is C10H10N2O9P2. The number of rotatable bonds is 8. The van der Waals surface area contributed by atoms with Gasteiger partial charge in [0.1, 0.15) is 0 Å². The van der Waals surface area contributed by atoms with Gasteiger partial charge in [-0.15, -0.1) is 0 Å². The molecule has 124 valence electrons. The summed E-state index contributed by atoms with van der Waals surface area (Å²) in [4.78, 5) is 33.9. The van der Waals surface area contributed by atoms with Crippen LogP contribution in [0.1, 0.15) is 0 Å². The third-order valence-corrected chi connectivity index (χ3v) is 4.07. The van der Waals surface area contributed by atoms with Crippen molar-refractivity contribution in [2.24, 2.45) is 0 Å². The smallest absolute Gasteiger partial charge is 0.306 e. The summed E-state index contributed by atoms with van der Waals surface area (Å²) in [5, 5.41) is 0. The number of hydrogen-bond acceptors (Lipinski definition) is 9. The van der Waals surface area contributed by atoms with Gasteiger partial charge in [-0.2, -0.15) is 4.31 Å². The molecular weight excluding hydrogens is 354 g/mol. The highest BCUT2D eigenvalue weighted by Crippen LogP contribution is 2.61. The van der Waals surface area contributed by atoms with Gasteiger partial charge in [-0.25, -0.2) is 19.1 Å². The van der Waals surface area contributed by atoms with Crippen molar-refractivity contribution in [3.05, 3.63) is 48.8 Å². The topological polar surface area (TPSA) is 147 Å². The first-order valence-corrected chi connectivity index (χ1v) is 8.77. The van der Waals surface area contributed by atoms with Crippen LogP contribution in [0.5, 0.6) is 11.8 Å². The van der Waals surface area contributed by atoms with Gasteiger partial charge in [0, 0.05) is 24.5 Å². The van der Waals surface area contributed by atoms with Gasteiger partial charge in [-0.1, -0.05) is 21.5 Å². The van der Waals surface area contributed by atoms with Crippen molar-refractivity contribution in [3.63, 3.8) is 0 Å². The summed E-state index contributed by atoms with van der Waals surface area (Å²) in [6.45, 7) is 0. The highest BCUT2D eigenvalue weighted by molar-refractivity contribution is 7.61. The van der Waals surface area contributed by atoms with Crippen molar-refractivity contribution in [2.45, 2.75) is 0 Å². The lowest BCUT2D eigenvalue weighted by Crippen LogP contribution is -2.06. The highest BCUT2D eigenvalue weighted by atomic mass is 31.3. The van der Waals surface area contributed by atoms with Gasteiger partial charge >= 0.3 is 15.6 Å². The van der Waals surface area contributed by atoms with Crippen LogP contribution >= 0.6 is 15.6 Å². The Morgan fingerprint density at radius 2 is 1.30 bits per heavy atom. The van der Waals surface area contributed by atoms with E-state index in [2.05, 4.69) is 33.4 Å². The number of pyridine rings is 2. The van der Waals surface area contributed by atoms with Gasteiger partial charge in [0.2, 0.25) is 0 Å². The predicted octanol–water partition coefficient (Wildman–Crippen LogP) is 2.01. The molecule has 0 unspecified atom stereocenters. The van der Waals surface area contributed by atoms with Crippen LogP contribution in [-0.4, -0.2) is 19.8 Å². The molecule has 0 aliphatic carbocycles. The maximum atomic E-state index is 12.1. The Morgan fingerprint density at radius 3 is 1.65 bits per heavy atom. The molecule has 0 fully saturated rings. The fourth-order valence-corrected chi connectivity index (χ4v) is 2.75. The Morgan fingerprint density at radius 1 is 0.826 bits per heavy atom. The number of phosphoric acid groups is 2. The van der Waals surface area contributed by atoms with E-state index in [0.29, 0.717) is 0 Å². The van der Waals surface area contributed by atoms with Crippen LogP contribution in [0.3, 0.4) is 0 Å². The number of aromatic nitrogens is 2. The molecule has 0 amide bonds. The Labute approximate surface area is 129 Å². The van der Waals surface area contributed by atoms with Crippen LogP contribution < -0.4 is 9.78 Å². The van der Waals surface area contributed by atoms with E-state index >= 15 is 0 Å². The second-order valence-corrected chi connectivity index (χ2v) is 6.50. The molecule has 13 heteroatoms. The van der Waals surface area contributed by atoms with E-state index in [1.165, 1.54) is 36.7 Å². The molecule has 0 radical (unpaired) electrons. The zero-order valence-electron chi connectivity index (χ0n) is 11.2. The molecule has 2 rings (SSSR count). The summed E-state index contributed by atoms with van der Waals surface area (Å²) >= 11 is 0. The molecule has 0 aliphatic rings. The third kappa shape index (κ3) is 6.43. The second kappa shape index (κ2) is 7.62. The summed E-state index contributed by atoms with van der Waals surface area (Å²) in [5.74, 6) is -0.327. The van der Waals surface area contributed by atoms with E-state index in [-0.39, 0.29) is 11.8 Å². The van der Waals surface area contributed by atoms with Crippen LogP contribution in [0, 0.1) is 0 Å². The van der Waals surface area contributed by atoms with Crippen LogP contribution in [0.25, 0.3) is 0 Å². The van der Waals surface area contributed by atoms with Crippen molar-refractivity contribution < 1.29 is 42.4 Å². The molecule has 2 N–H and O–H groups in total. The van der Waals surface area contributed by atoms with E-state index in [1.54, 1.807) is 12.1 Å². The van der Waals surface area contributed by atoms with Crippen LogP contribution in [0.2, 0.25) is 0 Å². The maximum Gasteiger partial charge on any atom is 0.556 e. The first-order valence-electron chi connectivity index (χ1n) is 5.78. The minimum absolute atomic E-state index is 0.163. The van der Waals surface area contributed by atoms with Crippen molar-refractivity contribution in [1.82, 2.24) is 9.97 Å². The van der Waals surface area contributed by atoms with Gasteiger partial charge in [0.15, 0.2) is 0 Å². The first-order chi connectivity index (χ1) is 10.9. The molecule has 0 saturated carbocycles. The van der Waals surface area contributed by atoms with E-state index in [9.17, 15) is 9.13 Å². The molecule has 0 saturated heterocycles. The number of hydrogen-bond donors (Lipinski definition) is 2. The van der Waals surface area contributed by atoms with Crippen LogP contribution in [0.4, 0.5) is 0 Å². The zero-order chi connectivity index (χ0) is 16.8. The molecule has 2 heterocycles. The number of nitrogens with zero attached hydrogens (tertiary/aromatic N) is 2. The SMILES string of the molecule is O=P(O)(O)OP(=O)(OOc1ccccn1)OOc1ccccn1. The Balaban J connectivity index is 2.05. The molecule has 2 aromatic heterocycles. The lowest BCUT2D eigenvalue weighted by Gasteiger charge is -2.15. The average Bonchev–Trinajstić information content (AvgIpc) is 2.52. The lowest BCUT2D eigenvalue weighted by atomic mass is 10.5. The average molecular weight is 364 g/mol. The predicted molar refractivity (Wildman–Crippen MR) is 72.6 cm³/mol. The van der Waals surface area contributed by atoms with E-state index in [1.807, 2.05) is 0 Å². The van der Waals surface area contributed by atoms with Gasteiger partial charge in [-0.3, -0.25) is 0 Å². The molecule has 0 atom stereocenters. The lowest BCUT2D eigenvalue weighted by molar-refractivity contribution is -0.190. The van der Waals surface area contributed by atoms with Gasteiger partial charge in [-0.05, 0) is 12.1 Å². The highest BCUT2D eigenvalue weighted by Gasteiger charge is 2.40. The molecule has 0 spiro atoms. The fraction of sp³-hybridized carbons (Fsp3) is 0. The third-order valence-electron chi connectivity index (χ3n) is 1.91. The summed E-state index contributed by atoms with van der Waals surface area (Å²) in [6.07, 6.45) is 2.66. The molecule has 11 nitrogen and oxygen atoms in total. The fourth-order valence-electron chi connectivity index (χ4n) is 1.13. The van der Waals surface area contributed by atoms with E-state index in [4.69, 9.17) is 9.79 Å². The minimum Gasteiger partial charge on any atom is -0.306 e. The van der Waals surface area contributed by atoms with Gasteiger partial charge in [0.05, 0.1) is 0 Å². The molecule has 23 heavy (non-hydrogen) atoms. The maximum absolute atomic E-state index is 12.1. The summed E-state index contributed by atoms with van der Waals surface area (Å²) in [5.41, 5.74) is 0. The van der Waals surface area contributed by atoms with Gasteiger partial charge in [0.25, 0.3) is 11.8 Å². The Bertz CT molecular complexity index is 661. The summed E-state index contributed by atoms with van der Waals surface area (Å²) in [7, 11) is -10.2. The summed E-state index contributed by atoms with van der Waals surface area (Å²) < 4.78 is 35.6. The monoisotopic (exact) mass is 364 g/mol. The van der Waals surface area contributed by atoms with Crippen molar-refractivity contribution in [2.75, 3.05) is 0 Å². The standard InChI is InChI=1S/C10H10N2O9P2/c13-22(14,15)21-23(16,19-17-9-5-1-3-7-11-9)20-18-10-6-2-4-8-12-10/h1-8H,(H2,13,14,15). The normalized spacial score (nSPS) is 11.9. The summed E-state index contributed by atoms with van der Waals surface area (Å²) in [6, 6.07) is 8.82. The van der Waals surface area contributed by atoms with E-state index < -0.39 is 15.6 Å². The van der Waals surface area contributed by atoms with Crippen molar-refractivity contribution in [1.29, 1.82) is 0 Å². The largest absolute Gasteiger partial charge is 0.556 e. The minimum atomic E-state index is -5.24. The quantitative estimate of drug-likeness (QED) is 0.403. The first kappa shape index (κ1) is 17.5. The van der Waals surface area contributed by atoms with Crippen LogP contribution in [0.15, 0.2) is 48.8 Å².